The Labute approximate surface area is 372 Å². The molecular formula is C54H64N2O7. The van der Waals surface area contributed by atoms with Crippen LogP contribution in [0.1, 0.15) is 117 Å². The highest BCUT2D eigenvalue weighted by molar-refractivity contribution is 6.29. The molecule has 0 spiro atoms. The van der Waals surface area contributed by atoms with Gasteiger partial charge in [-0.05, 0) is 134 Å². The van der Waals surface area contributed by atoms with Gasteiger partial charge in [-0.25, -0.2) is 0 Å². The van der Waals surface area contributed by atoms with E-state index in [0.29, 0.717) is 43.8 Å². The number of fused-ring (bicyclic) bond motifs is 12. The van der Waals surface area contributed by atoms with Crippen molar-refractivity contribution in [1.29, 1.82) is 0 Å². The summed E-state index contributed by atoms with van der Waals surface area (Å²) < 4.78 is 22.0. The van der Waals surface area contributed by atoms with E-state index in [1.54, 1.807) is 6.92 Å². The molecule has 1 aromatic carbocycles. The minimum Gasteiger partial charge on any atom is -0.492 e. The largest absolute Gasteiger partial charge is 0.492 e. The summed E-state index contributed by atoms with van der Waals surface area (Å²) >= 11 is 0. The van der Waals surface area contributed by atoms with Crippen molar-refractivity contribution in [2.45, 2.75) is 118 Å². The number of Topliss-reactive ketones (excluding diaryl/α,β-unsaturated/α-hetero) is 2. The van der Waals surface area contributed by atoms with Gasteiger partial charge < -0.3 is 24.6 Å². The van der Waals surface area contributed by atoms with Crippen LogP contribution >= 0.6 is 0 Å². The summed E-state index contributed by atoms with van der Waals surface area (Å²) in [4.78, 5) is 49.1. The van der Waals surface area contributed by atoms with E-state index >= 15 is 4.79 Å². The number of nitrogens with zero attached hydrogens (tertiary/aromatic N) is 1. The van der Waals surface area contributed by atoms with Crippen molar-refractivity contribution < 1.29 is 33.7 Å². The van der Waals surface area contributed by atoms with Crippen LogP contribution in [-0.2, 0) is 20.8 Å². The van der Waals surface area contributed by atoms with Gasteiger partial charge in [0.05, 0.1) is 41.7 Å². The van der Waals surface area contributed by atoms with Crippen molar-refractivity contribution in [1.82, 2.24) is 5.32 Å². The Bertz CT molecular complexity index is 2460. The molecule has 9 unspecified atom stereocenters. The van der Waals surface area contributed by atoms with Gasteiger partial charge in [-0.2, -0.15) is 0 Å². The third-order valence-corrected chi connectivity index (χ3v) is 16.0. The molecule has 9 aliphatic rings. The lowest BCUT2D eigenvalue weighted by atomic mass is 9.36. The number of hydrogen-bond donors (Lipinski definition) is 2. The van der Waals surface area contributed by atoms with Gasteiger partial charge in [0.15, 0.2) is 5.78 Å². The van der Waals surface area contributed by atoms with Crippen molar-refractivity contribution in [3.8, 4) is 17.2 Å². The first-order valence-corrected chi connectivity index (χ1v) is 23.7. The van der Waals surface area contributed by atoms with Crippen molar-refractivity contribution >= 4 is 35.0 Å². The Hall–Kier alpha value is -4.76. The van der Waals surface area contributed by atoms with Crippen molar-refractivity contribution in [2.75, 3.05) is 19.8 Å². The number of allylic oxidation sites excluding steroid dienone is 9. The first-order valence-electron chi connectivity index (χ1n) is 23.7. The van der Waals surface area contributed by atoms with Crippen LogP contribution in [0.4, 0.5) is 0 Å². The molecule has 6 aliphatic carbocycles. The standard InChI is InChI=1S/C54H64N2O7/c1-27(2)12-11-20-54(8)21-19-34-48(63-54)33(18-15-28(3)4)50-42(49(34)61-26-30-16-17-30)45-41-38(40-44(56-45)31-13-9-10-14-32(31)46(40)58)35-25-36(51(41)62-50)43-39(47(35)59)37(53(43,6)7)24-29(5)52(60)55-22-23-57/h9-10,12,15,19,21,24,30,35-40,43,51,57H,11,13-14,16-18,20,22-23,25-26H2,1-8H3,(H,55,60). The second kappa shape index (κ2) is 15.5. The summed E-state index contributed by atoms with van der Waals surface area (Å²) in [6.45, 7) is 17.6. The van der Waals surface area contributed by atoms with Crippen LogP contribution in [0.5, 0.6) is 17.2 Å². The fourth-order valence-corrected chi connectivity index (χ4v) is 12.8. The van der Waals surface area contributed by atoms with Crippen LogP contribution in [0.15, 0.2) is 74.9 Å². The third kappa shape index (κ3) is 6.72. The van der Waals surface area contributed by atoms with Gasteiger partial charge in [0.1, 0.15) is 34.7 Å². The van der Waals surface area contributed by atoms with E-state index in [1.807, 2.05) is 6.08 Å². The molecule has 0 radical (unpaired) electrons. The fraction of sp³-hybridized carbons (Fsp3) is 0.556. The van der Waals surface area contributed by atoms with Crippen LogP contribution in [0, 0.1) is 52.8 Å². The number of carbonyl (C=O) groups is 3. The quantitative estimate of drug-likeness (QED) is 0.159. The highest BCUT2D eigenvalue weighted by atomic mass is 16.5. The lowest BCUT2D eigenvalue weighted by molar-refractivity contribution is -0.187. The monoisotopic (exact) mass is 852 g/mol. The van der Waals surface area contributed by atoms with Crippen LogP contribution in [0.3, 0.4) is 0 Å². The number of aliphatic imine (C=N–C) groups is 1. The summed E-state index contributed by atoms with van der Waals surface area (Å²) in [6.07, 6.45) is 21.2. The Morgan fingerprint density at radius 2 is 1.75 bits per heavy atom. The summed E-state index contributed by atoms with van der Waals surface area (Å²) in [7, 11) is 0. The molecule has 1 amide bonds. The Morgan fingerprint density at radius 3 is 2.46 bits per heavy atom. The van der Waals surface area contributed by atoms with Gasteiger partial charge in [0.2, 0.25) is 5.91 Å². The second-order valence-corrected chi connectivity index (χ2v) is 21.2. The van der Waals surface area contributed by atoms with E-state index in [1.165, 1.54) is 11.1 Å². The number of ether oxygens (including phenoxy) is 3. The predicted octanol–water partition coefficient (Wildman–Crippen LogP) is 9.45. The highest BCUT2D eigenvalue weighted by Crippen LogP contribution is 2.70. The molecule has 2 bridgehead atoms. The van der Waals surface area contributed by atoms with Gasteiger partial charge in [-0.15, -0.1) is 0 Å². The van der Waals surface area contributed by atoms with E-state index in [-0.39, 0.29) is 59.7 Å². The zero-order valence-corrected chi connectivity index (χ0v) is 38.4. The SMILES string of the molecule is CC(C)=CCCC1(C)C=Cc2c(c(CC=C(C)C)c3c(c2OCC2CC2)C2=C4C(O3)C3CC(C(=O)C5C(C=C(C)C(=O)NCCO)C(C)(C)C35)C4C3C(=O)C4=C(CC=CC4)C3=N2)O1. The number of carbonyl (C=O) groups excluding carboxylic acids is 3. The number of ketones is 2. The van der Waals surface area contributed by atoms with Gasteiger partial charge in [0.25, 0.3) is 0 Å². The third-order valence-electron chi connectivity index (χ3n) is 16.0. The summed E-state index contributed by atoms with van der Waals surface area (Å²) in [5, 5.41) is 12.2. The molecule has 9 atom stereocenters. The maximum absolute atomic E-state index is 15.4. The molecule has 332 valence electrons. The normalized spacial score (nSPS) is 32.4. The van der Waals surface area contributed by atoms with Gasteiger partial charge >= 0.3 is 0 Å². The van der Waals surface area contributed by atoms with Gasteiger partial charge in [-0.1, -0.05) is 55.4 Å². The number of hydrogen-bond acceptors (Lipinski definition) is 8. The van der Waals surface area contributed by atoms with Gasteiger partial charge in [-0.3, -0.25) is 19.4 Å². The summed E-state index contributed by atoms with van der Waals surface area (Å²) in [5.41, 5.74) is 9.37. The van der Waals surface area contributed by atoms with Crippen molar-refractivity contribution in [3.63, 3.8) is 0 Å². The average Bonchev–Trinajstić information content (AvgIpc) is 4.04. The fourth-order valence-electron chi connectivity index (χ4n) is 12.8. The molecular weight excluding hydrogens is 789 g/mol. The van der Waals surface area contributed by atoms with Crippen LogP contribution in [-0.4, -0.2) is 59.8 Å². The van der Waals surface area contributed by atoms with E-state index in [2.05, 4.69) is 90.2 Å². The number of nitrogens with one attached hydrogen (secondary N) is 1. The van der Waals surface area contributed by atoms with Crippen molar-refractivity contribution in [3.05, 3.63) is 86.6 Å². The predicted molar refractivity (Wildman–Crippen MR) is 245 cm³/mol. The summed E-state index contributed by atoms with van der Waals surface area (Å²) in [6, 6.07) is 0. The summed E-state index contributed by atoms with van der Waals surface area (Å²) in [5.74, 6) is 0.985. The number of amides is 1. The smallest absolute Gasteiger partial charge is 0.246 e. The minimum atomic E-state index is -0.550. The Balaban J connectivity index is 1.18. The molecule has 0 saturated heterocycles. The lowest BCUT2D eigenvalue weighted by Crippen LogP contribution is -2.69. The molecule has 9 heteroatoms. The molecule has 3 aliphatic heterocycles. The molecule has 3 heterocycles. The molecule has 1 aromatic rings. The molecule has 9 nitrogen and oxygen atoms in total. The molecule has 10 rings (SSSR count). The number of rotatable bonds is 12. The Kier molecular flexibility index (Phi) is 10.4. The molecule has 4 fully saturated rings. The maximum Gasteiger partial charge on any atom is 0.246 e. The second-order valence-electron chi connectivity index (χ2n) is 21.2. The molecule has 4 saturated carbocycles. The number of aliphatic hydroxyl groups is 1. The molecule has 0 aromatic heterocycles. The average molecular weight is 853 g/mol. The van der Waals surface area contributed by atoms with Crippen molar-refractivity contribution in [2.24, 2.45) is 57.8 Å². The molecule has 2 N–H and O–H groups in total. The minimum absolute atomic E-state index is 0.0146. The maximum atomic E-state index is 15.4. The zero-order chi connectivity index (χ0) is 44.3. The first kappa shape index (κ1) is 42.2. The zero-order valence-electron chi connectivity index (χ0n) is 38.4. The number of aliphatic hydroxyl groups excluding tert-OH is 1. The number of benzene rings is 1. The first-order chi connectivity index (χ1) is 30.1. The molecule has 63 heavy (non-hydrogen) atoms. The van der Waals surface area contributed by atoms with E-state index in [0.717, 1.165) is 87.8 Å². The van der Waals surface area contributed by atoms with Crippen LogP contribution in [0.25, 0.3) is 11.8 Å². The van der Waals surface area contributed by atoms with Crippen LogP contribution in [0.2, 0.25) is 0 Å². The van der Waals surface area contributed by atoms with Gasteiger partial charge in [0, 0.05) is 52.5 Å². The Morgan fingerprint density at radius 1 is 1.00 bits per heavy atom. The van der Waals surface area contributed by atoms with E-state index < -0.39 is 29.5 Å². The van der Waals surface area contributed by atoms with Crippen LogP contribution < -0.4 is 19.5 Å². The highest BCUT2D eigenvalue weighted by Gasteiger charge is 2.71. The topological polar surface area (TPSA) is 124 Å². The van der Waals surface area contributed by atoms with E-state index in [9.17, 15) is 14.7 Å². The van der Waals surface area contributed by atoms with E-state index in [4.69, 9.17) is 19.2 Å². The lowest BCUT2D eigenvalue weighted by Gasteiger charge is -2.67.